The van der Waals surface area contributed by atoms with Gasteiger partial charge < -0.3 is 4.42 Å². The molecule has 3 aromatic rings. The van der Waals surface area contributed by atoms with E-state index in [9.17, 15) is 4.79 Å². The highest BCUT2D eigenvalue weighted by Gasteiger charge is 2.19. The number of aryl methyl sites for hydroxylation is 1. The van der Waals surface area contributed by atoms with Gasteiger partial charge in [-0.3, -0.25) is 4.79 Å². The van der Waals surface area contributed by atoms with Gasteiger partial charge >= 0.3 is 0 Å². The molecule has 0 saturated heterocycles. The number of Topliss-reactive ketones (excluding diaryl/α,β-unsaturated/α-hetero) is 1. The van der Waals surface area contributed by atoms with E-state index >= 15 is 0 Å². The number of nitrogens with zero attached hydrogens (tertiary/aromatic N) is 3. The molecule has 2 aromatic heterocycles. The Morgan fingerprint density at radius 3 is 2.78 bits per heavy atom. The molecular weight excluding hydrogens is 330 g/mol. The minimum atomic E-state index is -0.285. The minimum absolute atomic E-state index is 0.0467. The third-order valence-corrected chi connectivity index (χ3v) is 4.91. The number of carbonyl (C=O) groups excluding carboxylic acids is 1. The fraction of sp³-hybridized carbons (Fsp3) is 0.250. The molecule has 1 aromatic carbocycles. The number of rotatable bonds is 6. The van der Waals surface area contributed by atoms with Crippen molar-refractivity contribution in [3.8, 4) is 0 Å². The highest BCUT2D eigenvalue weighted by atomic mass is 32.2. The van der Waals surface area contributed by atoms with Gasteiger partial charge in [-0.05, 0) is 13.8 Å². The topological polar surface area (TPSA) is 68.9 Å². The van der Waals surface area contributed by atoms with E-state index in [2.05, 4.69) is 15.2 Å². The highest BCUT2D eigenvalue weighted by molar-refractivity contribution is 8.00. The first-order valence-corrected chi connectivity index (χ1v) is 8.87. The Labute approximate surface area is 142 Å². The van der Waals surface area contributed by atoms with Gasteiger partial charge in [-0.25, -0.2) is 4.98 Å². The highest BCUT2D eigenvalue weighted by Crippen LogP contribution is 2.25. The number of thiazole rings is 1. The molecule has 0 saturated carbocycles. The molecule has 7 heteroatoms. The number of hydrogen-bond donors (Lipinski definition) is 0. The standard InChI is InChI=1S/C16H15N3O2S2/c1-10(15(20)12-6-4-3-5-7-12)23-16-19-18-14(21-16)8-13-9-22-11(2)17-13/h3-7,9-10H,8H2,1-2H3/t10-/m0/s1. The lowest BCUT2D eigenvalue weighted by Crippen LogP contribution is -2.13. The number of thioether (sulfide) groups is 1. The second-order valence-electron chi connectivity index (χ2n) is 4.99. The van der Waals surface area contributed by atoms with Crippen LogP contribution < -0.4 is 0 Å². The van der Waals surface area contributed by atoms with Crippen LogP contribution in [0.2, 0.25) is 0 Å². The molecule has 0 aliphatic rings. The van der Waals surface area contributed by atoms with E-state index in [1.54, 1.807) is 11.3 Å². The maximum absolute atomic E-state index is 12.3. The lowest BCUT2D eigenvalue weighted by Gasteiger charge is -2.06. The molecule has 0 amide bonds. The predicted molar refractivity (Wildman–Crippen MR) is 90.0 cm³/mol. The number of benzene rings is 1. The van der Waals surface area contributed by atoms with Crippen LogP contribution in [0.1, 0.15) is 33.9 Å². The molecule has 5 nitrogen and oxygen atoms in total. The van der Waals surface area contributed by atoms with E-state index in [-0.39, 0.29) is 11.0 Å². The minimum Gasteiger partial charge on any atom is -0.416 e. The zero-order chi connectivity index (χ0) is 16.2. The predicted octanol–water partition coefficient (Wildman–Crippen LogP) is 3.79. The summed E-state index contributed by atoms with van der Waals surface area (Å²) >= 11 is 2.87. The molecular formula is C16H15N3O2S2. The average molecular weight is 345 g/mol. The van der Waals surface area contributed by atoms with Crippen LogP contribution >= 0.6 is 23.1 Å². The lowest BCUT2D eigenvalue weighted by atomic mass is 10.1. The molecule has 0 N–H and O–H groups in total. The number of hydrogen-bond acceptors (Lipinski definition) is 7. The zero-order valence-electron chi connectivity index (χ0n) is 12.7. The number of ketones is 1. The molecule has 2 heterocycles. The molecule has 0 aliphatic heterocycles. The molecule has 0 unspecified atom stereocenters. The summed E-state index contributed by atoms with van der Waals surface area (Å²) < 4.78 is 5.61. The molecule has 3 rings (SSSR count). The average Bonchev–Trinajstić information content (AvgIpc) is 3.17. The van der Waals surface area contributed by atoms with Gasteiger partial charge in [0.2, 0.25) is 5.89 Å². The summed E-state index contributed by atoms with van der Waals surface area (Å²) in [7, 11) is 0. The van der Waals surface area contributed by atoms with Gasteiger partial charge in [-0.1, -0.05) is 42.1 Å². The van der Waals surface area contributed by atoms with Crippen molar-refractivity contribution in [2.75, 3.05) is 0 Å². The Hall–Kier alpha value is -1.99. The summed E-state index contributed by atoms with van der Waals surface area (Å²) in [6.07, 6.45) is 0.513. The maximum atomic E-state index is 12.3. The van der Waals surface area contributed by atoms with Crippen LogP contribution in [-0.4, -0.2) is 26.2 Å². The molecule has 0 fully saturated rings. The fourth-order valence-corrected chi connectivity index (χ4v) is 3.43. The van der Waals surface area contributed by atoms with E-state index in [1.165, 1.54) is 11.8 Å². The maximum Gasteiger partial charge on any atom is 0.277 e. The first kappa shape index (κ1) is 15.9. The van der Waals surface area contributed by atoms with E-state index in [0.717, 1.165) is 10.7 Å². The molecule has 0 radical (unpaired) electrons. The van der Waals surface area contributed by atoms with Crippen LogP contribution in [0.3, 0.4) is 0 Å². The first-order chi connectivity index (χ1) is 11.1. The van der Waals surface area contributed by atoms with Gasteiger partial charge in [0.25, 0.3) is 5.22 Å². The third-order valence-electron chi connectivity index (χ3n) is 3.15. The fourth-order valence-electron chi connectivity index (χ4n) is 2.04. The van der Waals surface area contributed by atoms with Crippen molar-refractivity contribution >= 4 is 28.9 Å². The zero-order valence-corrected chi connectivity index (χ0v) is 14.4. The SMILES string of the molecule is Cc1nc(Cc2nnc(S[C@@H](C)C(=O)c3ccccc3)o2)cs1. The van der Waals surface area contributed by atoms with Gasteiger partial charge in [0.05, 0.1) is 22.4 Å². The Kier molecular flexibility index (Phi) is 4.88. The summed E-state index contributed by atoms with van der Waals surface area (Å²) in [5.41, 5.74) is 1.60. The Morgan fingerprint density at radius 2 is 2.09 bits per heavy atom. The van der Waals surface area contributed by atoms with Crippen LogP contribution in [0.4, 0.5) is 0 Å². The van der Waals surface area contributed by atoms with Crippen LogP contribution in [0.5, 0.6) is 0 Å². The van der Waals surface area contributed by atoms with Crippen LogP contribution in [0, 0.1) is 6.92 Å². The largest absolute Gasteiger partial charge is 0.416 e. The molecule has 0 aliphatic carbocycles. The lowest BCUT2D eigenvalue weighted by molar-refractivity contribution is 0.0993. The van der Waals surface area contributed by atoms with Crippen LogP contribution in [0.15, 0.2) is 45.4 Å². The van der Waals surface area contributed by atoms with Gasteiger partial charge in [-0.15, -0.1) is 21.5 Å². The van der Waals surface area contributed by atoms with E-state index < -0.39 is 0 Å². The number of carbonyl (C=O) groups is 1. The normalized spacial score (nSPS) is 12.3. The van der Waals surface area contributed by atoms with Crippen molar-refractivity contribution < 1.29 is 9.21 Å². The Morgan fingerprint density at radius 1 is 1.30 bits per heavy atom. The second-order valence-corrected chi connectivity index (χ2v) is 7.34. The Bertz CT molecular complexity index is 799. The first-order valence-electron chi connectivity index (χ1n) is 7.11. The molecule has 1 atom stereocenters. The van der Waals surface area contributed by atoms with Crippen molar-refractivity contribution in [1.82, 2.24) is 15.2 Å². The summed E-state index contributed by atoms with van der Waals surface area (Å²) in [5, 5.41) is 11.1. The number of aromatic nitrogens is 3. The second kappa shape index (κ2) is 7.06. The summed E-state index contributed by atoms with van der Waals surface area (Å²) in [6.45, 7) is 3.80. The summed E-state index contributed by atoms with van der Waals surface area (Å²) in [5.74, 6) is 0.558. The third kappa shape index (κ3) is 4.05. The summed E-state index contributed by atoms with van der Waals surface area (Å²) in [6, 6.07) is 9.21. The Balaban J connectivity index is 1.63. The van der Waals surface area contributed by atoms with E-state index in [4.69, 9.17) is 4.42 Å². The summed E-state index contributed by atoms with van der Waals surface area (Å²) in [4.78, 5) is 16.7. The van der Waals surface area contributed by atoms with Crippen molar-refractivity contribution in [2.24, 2.45) is 0 Å². The van der Waals surface area contributed by atoms with Crippen molar-refractivity contribution in [3.05, 3.63) is 57.9 Å². The van der Waals surface area contributed by atoms with Gasteiger partial charge in [0.15, 0.2) is 5.78 Å². The van der Waals surface area contributed by atoms with Crippen molar-refractivity contribution in [3.63, 3.8) is 0 Å². The smallest absolute Gasteiger partial charge is 0.277 e. The molecule has 0 bridgehead atoms. The van der Waals surface area contributed by atoms with E-state index in [0.29, 0.717) is 23.1 Å². The monoisotopic (exact) mass is 345 g/mol. The van der Waals surface area contributed by atoms with Crippen LogP contribution in [0.25, 0.3) is 0 Å². The van der Waals surface area contributed by atoms with Gasteiger partial charge in [-0.2, -0.15) is 0 Å². The van der Waals surface area contributed by atoms with E-state index in [1.807, 2.05) is 49.6 Å². The molecule has 118 valence electrons. The van der Waals surface area contributed by atoms with Crippen molar-refractivity contribution in [1.29, 1.82) is 0 Å². The van der Waals surface area contributed by atoms with Gasteiger partial charge in [0, 0.05) is 10.9 Å². The quantitative estimate of drug-likeness (QED) is 0.500. The van der Waals surface area contributed by atoms with Crippen molar-refractivity contribution in [2.45, 2.75) is 30.7 Å². The molecule has 23 heavy (non-hydrogen) atoms. The van der Waals surface area contributed by atoms with Crippen LogP contribution in [-0.2, 0) is 6.42 Å². The molecule has 0 spiro atoms. The van der Waals surface area contributed by atoms with Gasteiger partial charge in [0.1, 0.15) is 0 Å².